The number of nitrogens with zero attached hydrogens (tertiary/aromatic N) is 2. The minimum atomic E-state index is -0.353. The molecule has 0 atom stereocenters. The molecule has 6 nitrogen and oxygen atoms in total. The minimum Gasteiger partial charge on any atom is -0.378 e. The molecule has 4 rings (SSSR count). The van der Waals surface area contributed by atoms with E-state index in [1.54, 1.807) is 12.1 Å². The van der Waals surface area contributed by atoms with Gasteiger partial charge in [0.25, 0.3) is 5.91 Å². The van der Waals surface area contributed by atoms with Crippen LogP contribution in [0.25, 0.3) is 11.3 Å². The fourth-order valence-corrected chi connectivity index (χ4v) is 3.41. The van der Waals surface area contributed by atoms with Crippen molar-refractivity contribution in [2.24, 2.45) is 0 Å². The first-order valence-corrected chi connectivity index (χ1v) is 9.65. The standard InChI is InChI=1S/C22H22FN3O3/c1-2-15-5-3-4-6-18(15)24-21(27)19-20(16-7-9-17(23)10-8-16)25-29-22(19)26-11-13-28-14-12-26/h3-10H,2,11-14H2,1H3,(H,24,27). The van der Waals surface area contributed by atoms with E-state index in [0.717, 1.165) is 17.7 Å². The zero-order chi connectivity index (χ0) is 20.2. The van der Waals surface area contributed by atoms with E-state index in [0.29, 0.717) is 49.0 Å². The van der Waals surface area contributed by atoms with Crippen LogP contribution in [0.5, 0.6) is 0 Å². The maximum atomic E-state index is 13.4. The van der Waals surface area contributed by atoms with E-state index >= 15 is 0 Å². The third-order valence-electron chi connectivity index (χ3n) is 4.96. The third kappa shape index (κ3) is 4.00. The molecule has 1 saturated heterocycles. The SMILES string of the molecule is CCc1ccccc1NC(=O)c1c(-c2ccc(F)cc2)noc1N1CCOCC1. The number of nitrogens with one attached hydrogen (secondary N) is 1. The molecule has 1 aliphatic heterocycles. The predicted octanol–water partition coefficient (Wildman–Crippen LogP) is 4.13. The van der Waals surface area contributed by atoms with Crippen molar-refractivity contribution >= 4 is 17.5 Å². The average molecular weight is 395 g/mol. The highest BCUT2D eigenvalue weighted by Crippen LogP contribution is 2.33. The zero-order valence-corrected chi connectivity index (χ0v) is 16.2. The molecule has 7 heteroatoms. The van der Waals surface area contributed by atoms with Gasteiger partial charge in [-0.3, -0.25) is 4.79 Å². The zero-order valence-electron chi connectivity index (χ0n) is 16.2. The second-order valence-corrected chi connectivity index (χ2v) is 6.78. The normalized spacial score (nSPS) is 14.1. The fraction of sp³-hybridized carbons (Fsp3) is 0.273. The van der Waals surface area contributed by atoms with Crippen LogP contribution in [-0.4, -0.2) is 37.4 Å². The van der Waals surface area contributed by atoms with Crippen molar-refractivity contribution in [1.29, 1.82) is 0 Å². The van der Waals surface area contributed by atoms with E-state index in [1.807, 2.05) is 36.1 Å². The van der Waals surface area contributed by atoms with Crippen molar-refractivity contribution in [3.05, 3.63) is 65.5 Å². The molecule has 0 unspecified atom stereocenters. The van der Waals surface area contributed by atoms with E-state index in [-0.39, 0.29) is 11.7 Å². The Morgan fingerprint density at radius 3 is 2.59 bits per heavy atom. The molecule has 1 N–H and O–H groups in total. The van der Waals surface area contributed by atoms with Crippen LogP contribution >= 0.6 is 0 Å². The molecule has 0 aliphatic carbocycles. The van der Waals surface area contributed by atoms with Crippen LogP contribution in [0.2, 0.25) is 0 Å². The van der Waals surface area contributed by atoms with Crippen LogP contribution in [0.15, 0.2) is 53.1 Å². The summed E-state index contributed by atoms with van der Waals surface area (Å²) >= 11 is 0. The van der Waals surface area contributed by atoms with Gasteiger partial charge in [0.15, 0.2) is 0 Å². The second kappa shape index (κ2) is 8.45. The highest BCUT2D eigenvalue weighted by Gasteiger charge is 2.29. The summed E-state index contributed by atoms with van der Waals surface area (Å²) in [4.78, 5) is 15.3. The predicted molar refractivity (Wildman–Crippen MR) is 109 cm³/mol. The number of anilines is 2. The number of hydrogen-bond acceptors (Lipinski definition) is 5. The van der Waals surface area contributed by atoms with Crippen molar-refractivity contribution in [2.45, 2.75) is 13.3 Å². The summed E-state index contributed by atoms with van der Waals surface area (Å²) in [7, 11) is 0. The molecule has 0 saturated carbocycles. The number of carbonyl (C=O) groups is 1. The van der Waals surface area contributed by atoms with Crippen LogP contribution in [0.4, 0.5) is 16.0 Å². The highest BCUT2D eigenvalue weighted by molar-refractivity contribution is 6.11. The molecule has 2 heterocycles. The first kappa shape index (κ1) is 19.1. The lowest BCUT2D eigenvalue weighted by atomic mass is 10.1. The molecule has 0 spiro atoms. The van der Waals surface area contributed by atoms with Gasteiger partial charge in [0, 0.05) is 24.3 Å². The van der Waals surface area contributed by atoms with Gasteiger partial charge in [-0.15, -0.1) is 0 Å². The van der Waals surface area contributed by atoms with Crippen molar-refractivity contribution in [2.75, 3.05) is 36.5 Å². The summed E-state index contributed by atoms with van der Waals surface area (Å²) in [6.45, 7) is 4.33. The number of carbonyl (C=O) groups excluding carboxylic acids is 1. The first-order chi connectivity index (χ1) is 14.2. The van der Waals surface area contributed by atoms with Crippen molar-refractivity contribution < 1.29 is 18.4 Å². The van der Waals surface area contributed by atoms with E-state index in [1.165, 1.54) is 12.1 Å². The molecule has 1 aromatic heterocycles. The lowest BCUT2D eigenvalue weighted by Crippen LogP contribution is -2.37. The Morgan fingerprint density at radius 1 is 1.14 bits per heavy atom. The number of aromatic nitrogens is 1. The topological polar surface area (TPSA) is 67.6 Å². The Balaban J connectivity index is 1.74. The highest BCUT2D eigenvalue weighted by atomic mass is 19.1. The van der Waals surface area contributed by atoms with E-state index < -0.39 is 0 Å². The number of para-hydroxylation sites is 1. The number of amides is 1. The van der Waals surface area contributed by atoms with Crippen molar-refractivity contribution in [3.8, 4) is 11.3 Å². The Hall–Kier alpha value is -3.19. The smallest absolute Gasteiger partial charge is 0.263 e. The average Bonchev–Trinajstić information content (AvgIpc) is 3.20. The van der Waals surface area contributed by atoms with Gasteiger partial charge >= 0.3 is 0 Å². The molecule has 1 amide bonds. The number of hydrogen-bond donors (Lipinski definition) is 1. The number of morpholine rings is 1. The molecule has 0 radical (unpaired) electrons. The summed E-state index contributed by atoms with van der Waals surface area (Å²) in [6, 6.07) is 13.5. The third-order valence-corrected chi connectivity index (χ3v) is 4.96. The molecule has 3 aromatic rings. The number of aryl methyl sites for hydroxylation is 1. The summed E-state index contributed by atoms with van der Waals surface area (Å²) in [5.41, 5.74) is 3.12. The van der Waals surface area contributed by atoms with E-state index in [4.69, 9.17) is 9.26 Å². The molecule has 2 aromatic carbocycles. The summed E-state index contributed by atoms with van der Waals surface area (Å²) < 4.78 is 24.4. The molecule has 1 fully saturated rings. The lowest BCUT2D eigenvalue weighted by molar-refractivity contribution is 0.102. The van der Waals surface area contributed by atoms with Gasteiger partial charge in [-0.25, -0.2) is 4.39 Å². The van der Waals surface area contributed by atoms with Crippen LogP contribution in [0, 0.1) is 5.82 Å². The number of halogens is 1. The van der Waals surface area contributed by atoms with Gasteiger partial charge in [0.05, 0.1) is 13.2 Å². The Morgan fingerprint density at radius 2 is 1.86 bits per heavy atom. The van der Waals surface area contributed by atoms with Gasteiger partial charge in [0.2, 0.25) is 5.88 Å². The second-order valence-electron chi connectivity index (χ2n) is 6.78. The Labute approximate surface area is 168 Å². The Bertz CT molecular complexity index is 995. The summed E-state index contributed by atoms with van der Waals surface area (Å²) in [6.07, 6.45) is 0.793. The largest absolute Gasteiger partial charge is 0.378 e. The van der Waals surface area contributed by atoms with Gasteiger partial charge < -0.3 is 19.5 Å². The minimum absolute atomic E-state index is 0.312. The van der Waals surface area contributed by atoms with Crippen LogP contribution in [-0.2, 0) is 11.2 Å². The van der Waals surface area contributed by atoms with Crippen molar-refractivity contribution in [1.82, 2.24) is 5.16 Å². The lowest BCUT2D eigenvalue weighted by Gasteiger charge is -2.26. The van der Waals surface area contributed by atoms with Crippen LogP contribution in [0.3, 0.4) is 0 Å². The summed E-state index contributed by atoms with van der Waals surface area (Å²) in [5.74, 6) is -0.263. The van der Waals surface area contributed by atoms with Gasteiger partial charge in [-0.2, -0.15) is 0 Å². The van der Waals surface area contributed by atoms with Gasteiger partial charge in [0.1, 0.15) is 17.1 Å². The van der Waals surface area contributed by atoms with Gasteiger partial charge in [-0.1, -0.05) is 30.3 Å². The first-order valence-electron chi connectivity index (χ1n) is 9.65. The molecule has 0 bridgehead atoms. The number of benzene rings is 2. The van der Waals surface area contributed by atoms with Crippen molar-refractivity contribution in [3.63, 3.8) is 0 Å². The van der Waals surface area contributed by atoms with Crippen LogP contribution in [0.1, 0.15) is 22.8 Å². The quantitative estimate of drug-likeness (QED) is 0.704. The Kier molecular flexibility index (Phi) is 5.57. The molecule has 150 valence electrons. The fourth-order valence-electron chi connectivity index (χ4n) is 3.41. The number of ether oxygens (including phenoxy) is 1. The molecular formula is C22H22FN3O3. The van der Waals surface area contributed by atoms with Crippen LogP contribution < -0.4 is 10.2 Å². The maximum absolute atomic E-state index is 13.4. The van der Waals surface area contributed by atoms with E-state index in [2.05, 4.69) is 10.5 Å². The maximum Gasteiger partial charge on any atom is 0.263 e. The monoisotopic (exact) mass is 395 g/mol. The van der Waals surface area contributed by atoms with E-state index in [9.17, 15) is 9.18 Å². The molecule has 1 aliphatic rings. The number of rotatable bonds is 5. The van der Waals surface area contributed by atoms with Gasteiger partial charge in [-0.05, 0) is 42.3 Å². The summed E-state index contributed by atoms with van der Waals surface area (Å²) in [5, 5.41) is 7.15. The molecular weight excluding hydrogens is 373 g/mol. The molecule has 29 heavy (non-hydrogen) atoms.